The van der Waals surface area contributed by atoms with Gasteiger partial charge >= 0.3 is 0 Å². The van der Waals surface area contributed by atoms with Crippen molar-refractivity contribution in [1.82, 2.24) is 14.6 Å². The van der Waals surface area contributed by atoms with E-state index >= 15 is 0 Å². The summed E-state index contributed by atoms with van der Waals surface area (Å²) in [6, 6.07) is 0. The van der Waals surface area contributed by atoms with Crippen LogP contribution < -0.4 is 4.72 Å². The fourth-order valence-corrected chi connectivity index (χ4v) is 3.16. The summed E-state index contributed by atoms with van der Waals surface area (Å²) in [5.41, 5.74) is 1.61. The molecule has 1 aromatic rings. The molecule has 0 aromatic carbocycles. The van der Waals surface area contributed by atoms with Gasteiger partial charge in [0.15, 0.2) is 0 Å². The van der Waals surface area contributed by atoms with Crippen molar-refractivity contribution in [2.75, 3.05) is 38.6 Å². The number of amides is 1. The molecule has 0 bridgehead atoms. The third-order valence-electron chi connectivity index (χ3n) is 2.69. The average Bonchev–Trinajstić information content (AvgIpc) is 2.91. The van der Waals surface area contributed by atoms with Crippen molar-refractivity contribution in [2.24, 2.45) is 0 Å². The normalized spacial score (nSPS) is 17.3. The van der Waals surface area contributed by atoms with Crippen LogP contribution in [0, 0.1) is 0 Å². The molecule has 0 atom stereocenters. The maximum absolute atomic E-state index is 11.8. The molecule has 7 nitrogen and oxygen atoms in total. The molecule has 1 N–H and O–H groups in total. The summed E-state index contributed by atoms with van der Waals surface area (Å²) in [4.78, 5) is 17.4. The number of ether oxygens (including phenoxy) is 1. The van der Waals surface area contributed by atoms with Crippen LogP contribution in [0.1, 0.15) is 10.5 Å². The van der Waals surface area contributed by atoms with Gasteiger partial charge in [0.1, 0.15) is 5.69 Å². The Morgan fingerprint density at radius 3 is 2.84 bits per heavy atom. The molecule has 0 unspecified atom stereocenters. The molecule has 1 aliphatic heterocycles. The van der Waals surface area contributed by atoms with Gasteiger partial charge in [-0.25, -0.2) is 18.1 Å². The number of carbonyl (C=O) groups excluding carboxylic acids is 1. The Balaban J connectivity index is 1.83. The zero-order valence-electron chi connectivity index (χ0n) is 10.2. The van der Waals surface area contributed by atoms with Gasteiger partial charge in [0, 0.05) is 25.0 Å². The predicted molar refractivity (Wildman–Crippen MR) is 70.6 cm³/mol. The van der Waals surface area contributed by atoms with E-state index in [2.05, 4.69) is 4.98 Å². The number of sulfonamides is 1. The van der Waals surface area contributed by atoms with E-state index in [1.165, 1.54) is 22.2 Å². The number of carbonyl (C=O) groups is 1. The van der Waals surface area contributed by atoms with E-state index in [-0.39, 0.29) is 11.4 Å². The SMILES string of the molecule is O=C(NS(=O)(=O)CCN1CCOCC1)c1cscn1. The van der Waals surface area contributed by atoms with Gasteiger partial charge in [-0.05, 0) is 0 Å². The monoisotopic (exact) mass is 305 g/mol. The van der Waals surface area contributed by atoms with Crippen LogP contribution in [-0.2, 0) is 14.8 Å². The maximum Gasteiger partial charge on any atom is 0.284 e. The fourth-order valence-electron chi connectivity index (χ4n) is 1.64. The third kappa shape index (κ3) is 4.53. The van der Waals surface area contributed by atoms with Crippen molar-refractivity contribution in [3.8, 4) is 0 Å². The molecular formula is C10H15N3O4S2. The summed E-state index contributed by atoms with van der Waals surface area (Å²) in [6.45, 7) is 3.06. The van der Waals surface area contributed by atoms with Crippen LogP contribution in [0.4, 0.5) is 0 Å². The predicted octanol–water partition coefficient (Wildman–Crippen LogP) is -0.465. The van der Waals surface area contributed by atoms with Crippen LogP contribution in [-0.4, -0.2) is 62.8 Å². The van der Waals surface area contributed by atoms with E-state index in [9.17, 15) is 13.2 Å². The van der Waals surface area contributed by atoms with E-state index in [1.807, 2.05) is 9.62 Å². The van der Waals surface area contributed by atoms with Crippen molar-refractivity contribution in [3.63, 3.8) is 0 Å². The first-order valence-corrected chi connectivity index (χ1v) is 8.39. The van der Waals surface area contributed by atoms with Crippen molar-refractivity contribution >= 4 is 27.3 Å². The summed E-state index contributed by atoms with van der Waals surface area (Å²) in [6.07, 6.45) is 0. The minimum Gasteiger partial charge on any atom is -0.379 e. The summed E-state index contributed by atoms with van der Waals surface area (Å²) in [5, 5.41) is 1.51. The van der Waals surface area contributed by atoms with Gasteiger partial charge in [-0.3, -0.25) is 9.69 Å². The van der Waals surface area contributed by atoms with E-state index in [4.69, 9.17) is 4.74 Å². The highest BCUT2D eigenvalue weighted by Crippen LogP contribution is 2.02. The van der Waals surface area contributed by atoms with Crippen LogP contribution in [0.3, 0.4) is 0 Å². The third-order valence-corrected chi connectivity index (χ3v) is 4.50. The number of hydrogen-bond acceptors (Lipinski definition) is 7. The first-order valence-electron chi connectivity index (χ1n) is 5.80. The molecular weight excluding hydrogens is 290 g/mol. The topological polar surface area (TPSA) is 88.6 Å². The van der Waals surface area contributed by atoms with Gasteiger partial charge in [-0.2, -0.15) is 0 Å². The second kappa shape index (κ2) is 6.42. The van der Waals surface area contributed by atoms with Crippen LogP contribution in [0.15, 0.2) is 10.9 Å². The number of rotatable bonds is 5. The molecule has 1 aromatic heterocycles. The van der Waals surface area contributed by atoms with E-state index in [1.54, 1.807) is 0 Å². The first-order chi connectivity index (χ1) is 9.07. The molecule has 1 aliphatic rings. The molecule has 2 heterocycles. The Kier molecular flexibility index (Phi) is 4.86. The highest BCUT2D eigenvalue weighted by atomic mass is 32.2. The second-order valence-corrected chi connectivity index (χ2v) is 6.64. The van der Waals surface area contributed by atoms with Gasteiger partial charge < -0.3 is 4.74 Å². The van der Waals surface area contributed by atoms with Gasteiger partial charge in [-0.15, -0.1) is 11.3 Å². The van der Waals surface area contributed by atoms with E-state index in [0.29, 0.717) is 19.8 Å². The summed E-state index contributed by atoms with van der Waals surface area (Å²) >= 11 is 1.24. The quantitative estimate of drug-likeness (QED) is 0.791. The van der Waals surface area contributed by atoms with Crippen molar-refractivity contribution in [2.45, 2.75) is 0 Å². The van der Waals surface area contributed by atoms with E-state index < -0.39 is 15.9 Å². The molecule has 0 saturated carbocycles. The van der Waals surface area contributed by atoms with E-state index in [0.717, 1.165) is 13.1 Å². The lowest BCUT2D eigenvalue weighted by atomic mass is 10.4. The van der Waals surface area contributed by atoms with Gasteiger partial charge in [0.2, 0.25) is 10.0 Å². The number of hydrogen-bond donors (Lipinski definition) is 1. The smallest absolute Gasteiger partial charge is 0.284 e. The van der Waals surface area contributed by atoms with Crippen LogP contribution in [0.2, 0.25) is 0 Å². The number of nitrogens with one attached hydrogen (secondary N) is 1. The molecule has 0 spiro atoms. The molecule has 9 heteroatoms. The first kappa shape index (κ1) is 14.4. The van der Waals surface area contributed by atoms with Gasteiger partial charge in [0.25, 0.3) is 5.91 Å². The van der Waals surface area contributed by atoms with Gasteiger partial charge in [-0.1, -0.05) is 0 Å². The minimum atomic E-state index is -3.62. The average molecular weight is 305 g/mol. The summed E-state index contributed by atoms with van der Waals surface area (Å²) < 4.78 is 30.7. The highest BCUT2D eigenvalue weighted by molar-refractivity contribution is 7.90. The Bertz CT molecular complexity index is 509. The standard InChI is InChI=1S/C10H15N3O4S2/c14-10(9-7-18-8-11-9)12-19(15,16)6-3-13-1-4-17-5-2-13/h7-8H,1-6H2,(H,12,14). The second-order valence-electron chi connectivity index (χ2n) is 4.08. The summed E-state index contributed by atoms with van der Waals surface area (Å²) in [7, 11) is -3.62. The Morgan fingerprint density at radius 1 is 1.47 bits per heavy atom. The fraction of sp³-hybridized carbons (Fsp3) is 0.600. The Labute approximate surface area is 115 Å². The number of morpholine rings is 1. The molecule has 1 amide bonds. The number of nitrogens with zero attached hydrogens (tertiary/aromatic N) is 2. The molecule has 106 valence electrons. The lowest BCUT2D eigenvalue weighted by Crippen LogP contribution is -2.42. The van der Waals surface area contributed by atoms with Crippen molar-refractivity contribution in [3.05, 3.63) is 16.6 Å². The van der Waals surface area contributed by atoms with Crippen LogP contribution in [0.25, 0.3) is 0 Å². The minimum absolute atomic E-state index is 0.108. The number of aromatic nitrogens is 1. The molecule has 1 saturated heterocycles. The molecule has 0 aliphatic carbocycles. The zero-order valence-corrected chi connectivity index (χ0v) is 11.9. The lowest BCUT2D eigenvalue weighted by molar-refractivity contribution is 0.0407. The largest absolute Gasteiger partial charge is 0.379 e. The maximum atomic E-state index is 11.8. The molecule has 19 heavy (non-hydrogen) atoms. The molecule has 1 fully saturated rings. The molecule has 0 radical (unpaired) electrons. The van der Waals surface area contributed by atoms with Crippen molar-refractivity contribution < 1.29 is 17.9 Å². The van der Waals surface area contributed by atoms with Gasteiger partial charge in [0.05, 0.1) is 24.5 Å². The Hall–Kier alpha value is -1.03. The molecule has 2 rings (SSSR count). The van der Waals surface area contributed by atoms with Crippen molar-refractivity contribution in [1.29, 1.82) is 0 Å². The van der Waals surface area contributed by atoms with Crippen LogP contribution >= 0.6 is 11.3 Å². The zero-order chi connectivity index (χ0) is 13.7. The number of thiazole rings is 1. The lowest BCUT2D eigenvalue weighted by Gasteiger charge is -2.26. The van der Waals surface area contributed by atoms with Crippen LogP contribution in [0.5, 0.6) is 0 Å². The highest BCUT2D eigenvalue weighted by Gasteiger charge is 2.19. The summed E-state index contributed by atoms with van der Waals surface area (Å²) in [5.74, 6) is -0.786. The Morgan fingerprint density at radius 2 is 2.21 bits per heavy atom.